The second kappa shape index (κ2) is 10.2. The van der Waals surface area contributed by atoms with Crippen LogP contribution in [0.15, 0.2) is 53.6 Å². The maximum Gasteiger partial charge on any atom is 0.240 e. The first kappa shape index (κ1) is 21.7. The molecule has 0 spiro atoms. The topological polar surface area (TPSA) is 71.5 Å². The van der Waals surface area contributed by atoms with Crippen LogP contribution in [-0.2, 0) is 16.6 Å². The summed E-state index contributed by atoms with van der Waals surface area (Å²) in [6.45, 7) is 8.02. The molecule has 0 radical (unpaired) electrons. The lowest BCUT2D eigenvalue weighted by Gasteiger charge is -2.31. The van der Waals surface area contributed by atoms with Crippen molar-refractivity contribution in [3.05, 3.63) is 54.4 Å². The number of nitrogens with zero attached hydrogens (tertiary/aromatic N) is 2. The van der Waals surface area contributed by atoms with Gasteiger partial charge in [-0.2, -0.15) is 0 Å². The minimum absolute atomic E-state index is 0.280. The lowest BCUT2D eigenvalue weighted by molar-refractivity contribution is 0.177. The van der Waals surface area contributed by atoms with Crippen LogP contribution in [0.1, 0.15) is 32.4 Å². The Morgan fingerprint density at radius 3 is 2.48 bits per heavy atom. The van der Waals surface area contributed by atoms with Crippen molar-refractivity contribution < 1.29 is 13.2 Å². The fourth-order valence-corrected chi connectivity index (χ4v) is 4.47. The maximum atomic E-state index is 12.6. The molecule has 1 N–H and O–H groups in total. The minimum Gasteiger partial charge on any atom is -0.493 e. The minimum atomic E-state index is -3.50. The molecular weight excluding hydrogens is 386 g/mol. The van der Waals surface area contributed by atoms with E-state index >= 15 is 0 Å². The standard InChI is InChI=1S/C22H31N3O3S/c1-18(2)17-28-21-6-8-22(9-7-21)29(26,27)24-15-19-10-13-25(14-11-19)16-20-5-3-4-12-23-20/h3-9,12,18-19,24H,10-11,13-17H2,1-2H3. The summed E-state index contributed by atoms with van der Waals surface area (Å²) >= 11 is 0. The third-order valence-corrected chi connectivity index (χ3v) is 6.54. The summed E-state index contributed by atoms with van der Waals surface area (Å²) in [5, 5.41) is 0. The average Bonchev–Trinajstić information content (AvgIpc) is 2.73. The number of sulfonamides is 1. The zero-order valence-corrected chi connectivity index (χ0v) is 18.1. The summed E-state index contributed by atoms with van der Waals surface area (Å²) in [5.74, 6) is 1.48. The van der Waals surface area contributed by atoms with Gasteiger partial charge in [0.1, 0.15) is 5.75 Å². The van der Waals surface area contributed by atoms with Gasteiger partial charge in [0.25, 0.3) is 0 Å². The molecule has 2 heterocycles. The van der Waals surface area contributed by atoms with Gasteiger partial charge in [-0.15, -0.1) is 0 Å². The monoisotopic (exact) mass is 417 g/mol. The first-order valence-electron chi connectivity index (χ1n) is 10.3. The zero-order chi connectivity index (χ0) is 20.7. The van der Waals surface area contributed by atoms with Crippen LogP contribution in [0.25, 0.3) is 0 Å². The number of benzene rings is 1. The highest BCUT2D eigenvalue weighted by Crippen LogP contribution is 2.20. The Hall–Kier alpha value is -1.96. The highest BCUT2D eigenvalue weighted by atomic mass is 32.2. The van der Waals surface area contributed by atoms with Crippen LogP contribution in [0.5, 0.6) is 5.75 Å². The predicted molar refractivity (Wildman–Crippen MR) is 114 cm³/mol. The van der Waals surface area contributed by atoms with Crippen molar-refractivity contribution in [2.45, 2.75) is 38.1 Å². The normalized spacial score (nSPS) is 16.2. The number of ether oxygens (including phenoxy) is 1. The third-order valence-electron chi connectivity index (χ3n) is 5.10. The van der Waals surface area contributed by atoms with Crippen molar-refractivity contribution >= 4 is 10.0 Å². The molecule has 0 unspecified atom stereocenters. The summed E-state index contributed by atoms with van der Waals surface area (Å²) < 4.78 is 33.6. The van der Waals surface area contributed by atoms with E-state index in [1.165, 1.54) is 0 Å². The van der Waals surface area contributed by atoms with Crippen molar-refractivity contribution in [3.8, 4) is 5.75 Å². The Labute approximate surface area is 174 Å². The van der Waals surface area contributed by atoms with Crippen molar-refractivity contribution in [3.63, 3.8) is 0 Å². The molecule has 0 atom stereocenters. The summed E-state index contributed by atoms with van der Waals surface area (Å²) in [5.41, 5.74) is 1.08. The fraction of sp³-hybridized carbons (Fsp3) is 0.500. The van der Waals surface area contributed by atoms with Gasteiger partial charge < -0.3 is 4.74 Å². The van der Waals surface area contributed by atoms with E-state index < -0.39 is 10.0 Å². The van der Waals surface area contributed by atoms with Gasteiger partial charge in [0, 0.05) is 19.3 Å². The summed E-state index contributed by atoms with van der Waals surface area (Å²) in [7, 11) is -3.50. The van der Waals surface area contributed by atoms with Gasteiger partial charge in [-0.05, 0) is 74.2 Å². The van der Waals surface area contributed by atoms with E-state index in [2.05, 4.69) is 28.5 Å². The zero-order valence-electron chi connectivity index (χ0n) is 17.3. The summed E-state index contributed by atoms with van der Waals surface area (Å²) in [6.07, 6.45) is 3.79. The molecule has 158 valence electrons. The van der Waals surface area contributed by atoms with E-state index in [9.17, 15) is 8.42 Å². The molecule has 29 heavy (non-hydrogen) atoms. The Bertz CT molecular complexity index is 847. The highest BCUT2D eigenvalue weighted by molar-refractivity contribution is 7.89. The van der Waals surface area contributed by atoms with Crippen LogP contribution >= 0.6 is 0 Å². The van der Waals surface area contributed by atoms with E-state index in [1.54, 1.807) is 24.3 Å². The molecule has 0 bridgehead atoms. The number of pyridine rings is 1. The number of hydrogen-bond acceptors (Lipinski definition) is 5. The first-order chi connectivity index (χ1) is 13.9. The van der Waals surface area contributed by atoms with Gasteiger partial charge in [0.05, 0.1) is 17.2 Å². The number of aromatic nitrogens is 1. The van der Waals surface area contributed by atoms with Crippen molar-refractivity contribution in [1.29, 1.82) is 0 Å². The van der Waals surface area contributed by atoms with Crippen LogP contribution in [0.2, 0.25) is 0 Å². The van der Waals surface area contributed by atoms with Crippen LogP contribution in [0.4, 0.5) is 0 Å². The molecule has 1 aliphatic rings. The van der Waals surface area contributed by atoms with E-state index in [1.807, 2.05) is 24.4 Å². The Morgan fingerprint density at radius 2 is 1.86 bits per heavy atom. The van der Waals surface area contributed by atoms with E-state index in [0.29, 0.717) is 30.7 Å². The number of piperidine rings is 1. The molecule has 1 fully saturated rings. The van der Waals surface area contributed by atoms with Crippen LogP contribution < -0.4 is 9.46 Å². The number of rotatable bonds is 9. The van der Waals surface area contributed by atoms with E-state index in [0.717, 1.165) is 38.2 Å². The molecule has 1 saturated heterocycles. The Balaban J connectivity index is 1.44. The largest absolute Gasteiger partial charge is 0.493 e. The van der Waals surface area contributed by atoms with Gasteiger partial charge in [0.2, 0.25) is 10.0 Å². The van der Waals surface area contributed by atoms with Gasteiger partial charge in [0.15, 0.2) is 0 Å². The van der Waals surface area contributed by atoms with Gasteiger partial charge in [-0.3, -0.25) is 9.88 Å². The van der Waals surface area contributed by atoms with Crippen molar-refractivity contribution in [2.75, 3.05) is 26.2 Å². The second-order valence-corrected chi connectivity index (χ2v) is 9.84. The Kier molecular flexibility index (Phi) is 7.64. The lowest BCUT2D eigenvalue weighted by atomic mass is 9.97. The molecule has 0 amide bonds. The molecule has 3 rings (SSSR count). The molecule has 1 aromatic heterocycles. The molecule has 1 aliphatic heterocycles. The van der Waals surface area contributed by atoms with Crippen LogP contribution in [0, 0.1) is 11.8 Å². The summed E-state index contributed by atoms with van der Waals surface area (Å²) in [4.78, 5) is 7.04. The van der Waals surface area contributed by atoms with E-state index in [-0.39, 0.29) is 4.90 Å². The molecule has 0 aliphatic carbocycles. The van der Waals surface area contributed by atoms with E-state index in [4.69, 9.17) is 4.74 Å². The number of likely N-dealkylation sites (tertiary alicyclic amines) is 1. The molecule has 6 nitrogen and oxygen atoms in total. The number of nitrogens with one attached hydrogen (secondary N) is 1. The molecule has 7 heteroatoms. The third kappa shape index (κ3) is 6.80. The first-order valence-corrected chi connectivity index (χ1v) is 11.8. The highest BCUT2D eigenvalue weighted by Gasteiger charge is 2.22. The molecule has 2 aromatic rings. The number of hydrogen-bond donors (Lipinski definition) is 1. The average molecular weight is 418 g/mol. The maximum absolute atomic E-state index is 12.6. The molecular formula is C22H31N3O3S. The molecule has 0 saturated carbocycles. The van der Waals surface area contributed by atoms with Crippen molar-refractivity contribution in [2.24, 2.45) is 11.8 Å². The van der Waals surface area contributed by atoms with Crippen LogP contribution in [-0.4, -0.2) is 44.5 Å². The predicted octanol–water partition coefficient (Wildman–Crippen LogP) is 3.31. The smallest absolute Gasteiger partial charge is 0.240 e. The lowest BCUT2D eigenvalue weighted by Crippen LogP contribution is -2.38. The van der Waals surface area contributed by atoms with Crippen LogP contribution in [0.3, 0.4) is 0 Å². The van der Waals surface area contributed by atoms with Gasteiger partial charge in [-0.25, -0.2) is 13.1 Å². The van der Waals surface area contributed by atoms with Gasteiger partial charge in [-0.1, -0.05) is 19.9 Å². The Morgan fingerprint density at radius 1 is 1.14 bits per heavy atom. The second-order valence-electron chi connectivity index (χ2n) is 8.07. The van der Waals surface area contributed by atoms with Crippen molar-refractivity contribution in [1.82, 2.24) is 14.6 Å². The molecule has 1 aromatic carbocycles. The fourth-order valence-electron chi connectivity index (χ4n) is 3.36. The summed E-state index contributed by atoms with van der Waals surface area (Å²) in [6, 6.07) is 12.6. The quantitative estimate of drug-likeness (QED) is 0.678. The SMILES string of the molecule is CC(C)COc1ccc(S(=O)(=O)NCC2CCN(Cc3ccccn3)CC2)cc1. The van der Waals surface area contributed by atoms with Gasteiger partial charge >= 0.3 is 0 Å².